The van der Waals surface area contributed by atoms with E-state index in [0.29, 0.717) is 5.92 Å². The summed E-state index contributed by atoms with van der Waals surface area (Å²) < 4.78 is 0. The van der Waals surface area contributed by atoms with Gasteiger partial charge >= 0.3 is 0 Å². The van der Waals surface area contributed by atoms with Gasteiger partial charge in [-0.25, -0.2) is 0 Å². The Morgan fingerprint density at radius 3 is 2.27 bits per heavy atom. The Morgan fingerprint density at radius 1 is 0.962 bits per heavy atom. The fourth-order valence-electron chi connectivity index (χ4n) is 2.67. The van der Waals surface area contributed by atoms with Gasteiger partial charge in [0, 0.05) is 11.4 Å². The smallest absolute Gasteiger partial charge is 0.234 e. The molecule has 2 rings (SSSR count). The number of amides is 2. The van der Waals surface area contributed by atoms with Crippen molar-refractivity contribution < 1.29 is 9.59 Å². The zero-order chi connectivity index (χ0) is 19.1. The second kappa shape index (κ2) is 9.43. The lowest BCUT2D eigenvalue weighted by molar-refractivity contribution is -0.114. The van der Waals surface area contributed by atoms with Crippen LogP contribution < -0.4 is 10.6 Å². The molecule has 0 aliphatic rings. The highest BCUT2D eigenvalue weighted by Gasteiger charge is 2.12. The first-order chi connectivity index (χ1) is 12.4. The Balaban J connectivity index is 1.83. The van der Waals surface area contributed by atoms with Gasteiger partial charge in [0.05, 0.1) is 11.5 Å². The molecule has 2 N–H and O–H groups in total. The first-order valence-electron chi connectivity index (χ1n) is 8.70. The van der Waals surface area contributed by atoms with E-state index in [9.17, 15) is 9.59 Å². The number of carbonyl (C=O) groups excluding carboxylic acids is 2. The number of aryl methyl sites for hydroxylation is 2. The molecule has 2 aromatic carbocycles. The van der Waals surface area contributed by atoms with Crippen LogP contribution in [0, 0.1) is 13.8 Å². The molecule has 0 aliphatic heterocycles. The second-order valence-corrected chi connectivity index (χ2v) is 7.64. The molecule has 0 saturated carbocycles. The monoisotopic (exact) mass is 370 g/mol. The highest BCUT2D eigenvalue weighted by Crippen LogP contribution is 2.27. The van der Waals surface area contributed by atoms with Crippen LogP contribution in [0.25, 0.3) is 0 Å². The summed E-state index contributed by atoms with van der Waals surface area (Å²) in [4.78, 5) is 24.3. The van der Waals surface area contributed by atoms with Crippen molar-refractivity contribution in [1.82, 2.24) is 0 Å². The van der Waals surface area contributed by atoms with Gasteiger partial charge in [0.2, 0.25) is 11.8 Å². The number of thioether (sulfide) groups is 1. The Labute approximate surface area is 159 Å². The van der Waals surface area contributed by atoms with Crippen molar-refractivity contribution in [3.8, 4) is 0 Å². The molecular formula is C21H26N2O2S. The van der Waals surface area contributed by atoms with Crippen molar-refractivity contribution in [2.45, 2.75) is 33.6 Å². The Kier molecular flexibility index (Phi) is 7.27. The maximum absolute atomic E-state index is 12.3. The number of carbonyl (C=O) groups is 2. The summed E-state index contributed by atoms with van der Waals surface area (Å²) >= 11 is 1.31. The van der Waals surface area contributed by atoms with E-state index in [-0.39, 0.29) is 23.3 Å². The van der Waals surface area contributed by atoms with Crippen molar-refractivity contribution >= 4 is 35.0 Å². The number of anilines is 2. The SMILES string of the molecule is Cc1cccc(NC(=O)CSCC(=O)Nc2c(C)cccc2C(C)C)c1. The van der Waals surface area contributed by atoms with E-state index < -0.39 is 0 Å². The van der Waals surface area contributed by atoms with Crippen molar-refractivity contribution in [3.63, 3.8) is 0 Å². The highest BCUT2D eigenvalue weighted by molar-refractivity contribution is 8.00. The molecule has 0 saturated heterocycles. The lowest BCUT2D eigenvalue weighted by Crippen LogP contribution is -2.19. The minimum atomic E-state index is -0.104. The number of nitrogens with one attached hydrogen (secondary N) is 2. The second-order valence-electron chi connectivity index (χ2n) is 6.65. The zero-order valence-corrected chi connectivity index (χ0v) is 16.6. The molecule has 0 bridgehead atoms. The van der Waals surface area contributed by atoms with Gasteiger partial charge in [-0.15, -0.1) is 11.8 Å². The Bertz CT molecular complexity index is 787. The third-order valence-electron chi connectivity index (χ3n) is 3.96. The maximum Gasteiger partial charge on any atom is 0.234 e. The summed E-state index contributed by atoms with van der Waals surface area (Å²) in [6.07, 6.45) is 0. The number of rotatable bonds is 7. The average Bonchev–Trinajstić information content (AvgIpc) is 2.56. The van der Waals surface area contributed by atoms with Crippen LogP contribution in [-0.4, -0.2) is 23.3 Å². The van der Waals surface area contributed by atoms with Gasteiger partial charge in [0.25, 0.3) is 0 Å². The number of para-hydroxylation sites is 1. The van der Waals surface area contributed by atoms with Gasteiger partial charge in [0.15, 0.2) is 0 Å². The lowest BCUT2D eigenvalue weighted by atomic mass is 9.98. The lowest BCUT2D eigenvalue weighted by Gasteiger charge is -2.16. The summed E-state index contributed by atoms with van der Waals surface area (Å²) in [7, 11) is 0. The average molecular weight is 371 g/mol. The molecule has 0 unspecified atom stereocenters. The molecule has 0 aromatic heterocycles. The van der Waals surface area contributed by atoms with E-state index in [1.807, 2.05) is 56.3 Å². The molecule has 0 spiro atoms. The number of hydrogen-bond acceptors (Lipinski definition) is 3. The Morgan fingerprint density at radius 2 is 1.62 bits per heavy atom. The fourth-order valence-corrected chi connectivity index (χ4v) is 3.29. The Hall–Kier alpha value is -2.27. The van der Waals surface area contributed by atoms with Crippen LogP contribution in [0.15, 0.2) is 42.5 Å². The van der Waals surface area contributed by atoms with Crippen LogP contribution in [0.1, 0.15) is 36.5 Å². The molecule has 0 radical (unpaired) electrons. The molecule has 0 aliphatic carbocycles. The normalized spacial score (nSPS) is 10.7. The largest absolute Gasteiger partial charge is 0.325 e. The third kappa shape index (κ3) is 5.92. The standard InChI is InChI=1S/C21H26N2O2S/c1-14(2)18-10-6-8-16(4)21(18)23-20(25)13-26-12-19(24)22-17-9-5-7-15(3)11-17/h5-11,14H,12-13H2,1-4H3,(H,22,24)(H,23,25). The fraction of sp³-hybridized carbons (Fsp3) is 0.333. The van der Waals surface area contributed by atoms with Crippen LogP contribution in [-0.2, 0) is 9.59 Å². The van der Waals surface area contributed by atoms with E-state index in [1.165, 1.54) is 11.8 Å². The topological polar surface area (TPSA) is 58.2 Å². The summed E-state index contributed by atoms with van der Waals surface area (Å²) in [6, 6.07) is 13.7. The van der Waals surface area contributed by atoms with Gasteiger partial charge in [-0.05, 0) is 48.6 Å². The van der Waals surface area contributed by atoms with Gasteiger partial charge in [-0.3, -0.25) is 9.59 Å². The highest BCUT2D eigenvalue weighted by atomic mass is 32.2. The number of hydrogen-bond donors (Lipinski definition) is 2. The van der Waals surface area contributed by atoms with Crippen LogP contribution in [0.4, 0.5) is 11.4 Å². The number of benzene rings is 2. The van der Waals surface area contributed by atoms with Crippen LogP contribution in [0.3, 0.4) is 0 Å². The molecule has 138 valence electrons. The molecule has 0 fully saturated rings. The van der Waals surface area contributed by atoms with Crippen molar-refractivity contribution in [2.24, 2.45) is 0 Å². The minimum absolute atomic E-state index is 0.0884. The molecular weight excluding hydrogens is 344 g/mol. The molecule has 0 heterocycles. The summed E-state index contributed by atoms with van der Waals surface area (Å²) in [5, 5.41) is 5.85. The molecule has 2 amide bonds. The van der Waals surface area contributed by atoms with Crippen molar-refractivity contribution in [1.29, 1.82) is 0 Å². The third-order valence-corrected chi connectivity index (χ3v) is 4.89. The van der Waals surface area contributed by atoms with Gasteiger partial charge in [-0.1, -0.05) is 44.2 Å². The summed E-state index contributed by atoms with van der Waals surface area (Å²) in [5.41, 5.74) is 4.93. The van der Waals surface area contributed by atoms with E-state index in [0.717, 1.165) is 28.1 Å². The molecule has 5 heteroatoms. The quantitative estimate of drug-likeness (QED) is 0.740. The summed E-state index contributed by atoms with van der Waals surface area (Å²) in [6.45, 7) is 8.18. The molecule has 0 atom stereocenters. The first kappa shape index (κ1) is 20.0. The predicted molar refractivity (Wildman–Crippen MR) is 111 cm³/mol. The maximum atomic E-state index is 12.3. The molecule has 26 heavy (non-hydrogen) atoms. The van der Waals surface area contributed by atoms with Gasteiger partial charge < -0.3 is 10.6 Å². The zero-order valence-electron chi connectivity index (χ0n) is 15.8. The van der Waals surface area contributed by atoms with Crippen molar-refractivity contribution in [3.05, 3.63) is 59.2 Å². The van der Waals surface area contributed by atoms with Gasteiger partial charge in [-0.2, -0.15) is 0 Å². The first-order valence-corrected chi connectivity index (χ1v) is 9.86. The van der Waals surface area contributed by atoms with Crippen LogP contribution >= 0.6 is 11.8 Å². The van der Waals surface area contributed by atoms with Gasteiger partial charge in [0.1, 0.15) is 0 Å². The van der Waals surface area contributed by atoms with E-state index in [4.69, 9.17) is 0 Å². The van der Waals surface area contributed by atoms with Crippen LogP contribution in [0.2, 0.25) is 0 Å². The molecule has 2 aromatic rings. The summed E-state index contributed by atoms with van der Waals surface area (Å²) in [5.74, 6) is 0.624. The molecule has 4 nitrogen and oxygen atoms in total. The van der Waals surface area contributed by atoms with E-state index >= 15 is 0 Å². The van der Waals surface area contributed by atoms with E-state index in [2.05, 4.69) is 24.5 Å². The van der Waals surface area contributed by atoms with Crippen molar-refractivity contribution in [2.75, 3.05) is 22.1 Å². The minimum Gasteiger partial charge on any atom is -0.325 e. The predicted octanol–water partition coefficient (Wildman–Crippen LogP) is 4.74. The van der Waals surface area contributed by atoms with Crippen LogP contribution in [0.5, 0.6) is 0 Å². The van der Waals surface area contributed by atoms with E-state index in [1.54, 1.807) is 0 Å².